The minimum Gasteiger partial charge on any atom is -0.317 e. The summed E-state index contributed by atoms with van der Waals surface area (Å²) in [5.74, 6) is 4.39. The summed E-state index contributed by atoms with van der Waals surface area (Å²) in [5, 5.41) is 3.46. The van der Waals surface area contributed by atoms with Crippen molar-refractivity contribution < 1.29 is 0 Å². The Morgan fingerprint density at radius 2 is 2.14 bits per heavy atom. The summed E-state index contributed by atoms with van der Waals surface area (Å²) in [6.07, 6.45) is 6.88. The van der Waals surface area contributed by atoms with Gasteiger partial charge in [0.25, 0.3) is 0 Å². The summed E-state index contributed by atoms with van der Waals surface area (Å²) in [5.41, 5.74) is 2.17. The number of aromatic nitrogens is 3. The van der Waals surface area contributed by atoms with E-state index in [-0.39, 0.29) is 0 Å². The van der Waals surface area contributed by atoms with Crippen LogP contribution in [-0.4, -0.2) is 39.1 Å². The Bertz CT molecular complexity index is 612. The van der Waals surface area contributed by atoms with E-state index in [0.29, 0.717) is 12.0 Å². The molecule has 2 saturated heterocycles. The molecule has 0 radical (unpaired) electrons. The van der Waals surface area contributed by atoms with Crippen molar-refractivity contribution in [2.24, 2.45) is 0 Å². The first-order chi connectivity index (χ1) is 10.4. The van der Waals surface area contributed by atoms with Crippen LogP contribution in [0.2, 0.25) is 0 Å². The van der Waals surface area contributed by atoms with Gasteiger partial charge in [-0.1, -0.05) is 0 Å². The summed E-state index contributed by atoms with van der Waals surface area (Å²) >= 11 is 2.08. The van der Waals surface area contributed by atoms with Crippen molar-refractivity contribution in [1.82, 2.24) is 19.9 Å². The molecule has 0 aliphatic carbocycles. The van der Waals surface area contributed by atoms with Gasteiger partial charge in [-0.05, 0) is 56.7 Å². The second kappa shape index (κ2) is 5.97. The van der Waals surface area contributed by atoms with Crippen LogP contribution in [0.5, 0.6) is 0 Å². The standard InChI is InChI=1S/C16H22N4S/c1-4-14-16(18-7-1)20(13-3-2-10-21-11-13)15(19-14)12-5-8-17-9-6-12/h1,4,7,12-13,17H,2-3,5-6,8-11H2. The smallest absolute Gasteiger partial charge is 0.160 e. The van der Waals surface area contributed by atoms with E-state index in [4.69, 9.17) is 4.98 Å². The predicted molar refractivity (Wildman–Crippen MR) is 88.0 cm³/mol. The number of nitrogens with one attached hydrogen (secondary N) is 1. The summed E-state index contributed by atoms with van der Waals surface area (Å²) in [7, 11) is 0. The molecule has 4 rings (SSSR count). The Kier molecular flexibility index (Phi) is 3.86. The van der Waals surface area contributed by atoms with E-state index in [1.807, 2.05) is 12.3 Å². The Morgan fingerprint density at radius 3 is 2.95 bits per heavy atom. The molecule has 0 spiro atoms. The van der Waals surface area contributed by atoms with Gasteiger partial charge in [-0.2, -0.15) is 11.8 Å². The molecule has 0 amide bonds. The Morgan fingerprint density at radius 1 is 1.24 bits per heavy atom. The molecule has 1 atom stereocenters. The minimum absolute atomic E-state index is 0.577. The van der Waals surface area contributed by atoms with Gasteiger partial charge in [-0.3, -0.25) is 0 Å². The highest BCUT2D eigenvalue weighted by Gasteiger charge is 2.27. The van der Waals surface area contributed by atoms with Crippen molar-refractivity contribution in [2.75, 3.05) is 24.6 Å². The molecule has 112 valence electrons. The molecule has 0 bridgehead atoms. The molecule has 21 heavy (non-hydrogen) atoms. The molecule has 4 nitrogen and oxygen atoms in total. The molecule has 0 saturated carbocycles. The molecule has 1 unspecified atom stereocenters. The molecule has 2 aromatic heterocycles. The number of hydrogen-bond donors (Lipinski definition) is 1. The third-order valence-corrected chi connectivity index (χ3v) is 5.88. The Labute approximate surface area is 129 Å². The molecule has 0 aromatic carbocycles. The number of hydrogen-bond acceptors (Lipinski definition) is 4. The molecular weight excluding hydrogens is 280 g/mol. The zero-order chi connectivity index (χ0) is 14.1. The van der Waals surface area contributed by atoms with Crippen LogP contribution < -0.4 is 5.32 Å². The van der Waals surface area contributed by atoms with E-state index >= 15 is 0 Å². The van der Waals surface area contributed by atoms with Gasteiger partial charge in [-0.15, -0.1) is 0 Å². The molecule has 2 aliphatic rings. The van der Waals surface area contributed by atoms with Gasteiger partial charge in [0.05, 0.1) is 0 Å². The minimum atomic E-state index is 0.577. The topological polar surface area (TPSA) is 42.7 Å². The SMILES string of the molecule is c1cnc2c(c1)nc(C1CCNCC1)n2C1CCCSC1. The van der Waals surface area contributed by atoms with E-state index < -0.39 is 0 Å². The number of thioether (sulfide) groups is 1. The number of nitrogens with zero attached hydrogens (tertiary/aromatic N) is 3. The zero-order valence-electron chi connectivity index (χ0n) is 12.3. The number of pyridine rings is 1. The summed E-state index contributed by atoms with van der Waals surface area (Å²) < 4.78 is 2.48. The second-order valence-corrected chi connectivity index (χ2v) is 7.23. The lowest BCUT2D eigenvalue weighted by Crippen LogP contribution is -2.29. The van der Waals surface area contributed by atoms with Crippen molar-refractivity contribution in [3.05, 3.63) is 24.2 Å². The quantitative estimate of drug-likeness (QED) is 0.926. The average molecular weight is 302 g/mol. The molecule has 5 heteroatoms. The van der Waals surface area contributed by atoms with E-state index in [2.05, 4.69) is 32.7 Å². The Balaban J connectivity index is 1.79. The van der Waals surface area contributed by atoms with Crippen LogP contribution in [-0.2, 0) is 0 Å². The highest BCUT2D eigenvalue weighted by Crippen LogP contribution is 2.35. The van der Waals surface area contributed by atoms with Gasteiger partial charge in [0.15, 0.2) is 5.65 Å². The van der Waals surface area contributed by atoms with Crippen LogP contribution in [0.3, 0.4) is 0 Å². The number of rotatable bonds is 2. The van der Waals surface area contributed by atoms with Gasteiger partial charge in [0, 0.05) is 23.9 Å². The maximum Gasteiger partial charge on any atom is 0.160 e. The molecular formula is C16H22N4S. The fourth-order valence-electron chi connectivity index (χ4n) is 3.60. The molecule has 4 heterocycles. The van der Waals surface area contributed by atoms with Crippen molar-refractivity contribution in [3.63, 3.8) is 0 Å². The first kappa shape index (κ1) is 13.6. The number of imidazole rings is 1. The van der Waals surface area contributed by atoms with Gasteiger partial charge in [-0.25, -0.2) is 9.97 Å². The van der Waals surface area contributed by atoms with Crippen molar-refractivity contribution in [2.45, 2.75) is 37.6 Å². The van der Waals surface area contributed by atoms with Crippen LogP contribution in [0, 0.1) is 0 Å². The van der Waals surface area contributed by atoms with Crippen LogP contribution in [0.1, 0.15) is 43.5 Å². The molecule has 2 aliphatic heterocycles. The highest BCUT2D eigenvalue weighted by molar-refractivity contribution is 7.99. The van der Waals surface area contributed by atoms with Crippen LogP contribution in [0.4, 0.5) is 0 Å². The van der Waals surface area contributed by atoms with E-state index in [1.54, 1.807) is 0 Å². The third kappa shape index (κ3) is 2.57. The van der Waals surface area contributed by atoms with Crippen molar-refractivity contribution in [3.8, 4) is 0 Å². The number of piperidine rings is 1. The van der Waals surface area contributed by atoms with Crippen LogP contribution >= 0.6 is 11.8 Å². The lowest BCUT2D eigenvalue weighted by atomic mass is 9.97. The average Bonchev–Trinajstić information content (AvgIpc) is 2.96. The highest BCUT2D eigenvalue weighted by atomic mass is 32.2. The molecule has 1 N–H and O–H groups in total. The monoisotopic (exact) mass is 302 g/mol. The fraction of sp³-hybridized carbons (Fsp3) is 0.625. The number of fused-ring (bicyclic) bond motifs is 1. The summed E-state index contributed by atoms with van der Waals surface area (Å²) in [4.78, 5) is 9.62. The lowest BCUT2D eigenvalue weighted by Gasteiger charge is -2.28. The lowest BCUT2D eigenvalue weighted by molar-refractivity contribution is 0.408. The van der Waals surface area contributed by atoms with Crippen LogP contribution in [0.15, 0.2) is 18.3 Å². The fourth-order valence-corrected chi connectivity index (χ4v) is 4.73. The van der Waals surface area contributed by atoms with Gasteiger partial charge in [0.1, 0.15) is 11.3 Å². The normalized spacial score (nSPS) is 24.5. The third-order valence-electron chi connectivity index (χ3n) is 4.68. The first-order valence-corrected chi connectivity index (χ1v) is 9.20. The summed E-state index contributed by atoms with van der Waals surface area (Å²) in [6, 6.07) is 4.69. The second-order valence-electron chi connectivity index (χ2n) is 6.08. The largest absolute Gasteiger partial charge is 0.317 e. The maximum atomic E-state index is 4.97. The first-order valence-electron chi connectivity index (χ1n) is 8.05. The van der Waals surface area contributed by atoms with Gasteiger partial charge >= 0.3 is 0 Å². The van der Waals surface area contributed by atoms with E-state index in [1.165, 1.54) is 43.0 Å². The van der Waals surface area contributed by atoms with Gasteiger partial charge in [0.2, 0.25) is 0 Å². The Hall–Kier alpha value is -1.07. The van der Waals surface area contributed by atoms with Crippen LogP contribution in [0.25, 0.3) is 11.2 Å². The van der Waals surface area contributed by atoms with Crippen molar-refractivity contribution in [1.29, 1.82) is 0 Å². The molecule has 2 fully saturated rings. The predicted octanol–water partition coefficient (Wildman–Crippen LogP) is 2.97. The van der Waals surface area contributed by atoms with E-state index in [0.717, 1.165) is 24.3 Å². The maximum absolute atomic E-state index is 4.97. The molecule has 2 aromatic rings. The van der Waals surface area contributed by atoms with Crippen molar-refractivity contribution >= 4 is 22.9 Å². The summed E-state index contributed by atoms with van der Waals surface area (Å²) in [6.45, 7) is 2.22. The zero-order valence-corrected chi connectivity index (χ0v) is 13.1. The van der Waals surface area contributed by atoms with Gasteiger partial charge < -0.3 is 9.88 Å². The van der Waals surface area contributed by atoms with E-state index in [9.17, 15) is 0 Å².